The van der Waals surface area contributed by atoms with Gasteiger partial charge in [-0.25, -0.2) is 5.43 Å². The zero-order valence-corrected chi connectivity index (χ0v) is 14.5. The molecule has 9 heteroatoms. The van der Waals surface area contributed by atoms with Crippen LogP contribution in [0.5, 0.6) is 5.75 Å². The number of nitro groups is 1. The molecule has 0 atom stereocenters. The molecule has 0 heterocycles. The molecule has 0 saturated carbocycles. The summed E-state index contributed by atoms with van der Waals surface area (Å²) in [6.07, 6.45) is 1.34. The van der Waals surface area contributed by atoms with Gasteiger partial charge in [-0.2, -0.15) is 5.10 Å². The van der Waals surface area contributed by atoms with Crippen LogP contribution >= 0.6 is 0 Å². The van der Waals surface area contributed by atoms with Crippen molar-refractivity contribution in [3.63, 3.8) is 0 Å². The Kier molecular flexibility index (Phi) is 7.00. The third-order valence-corrected chi connectivity index (χ3v) is 3.47. The average molecular weight is 370 g/mol. The van der Waals surface area contributed by atoms with E-state index in [1.54, 1.807) is 30.3 Å². The molecule has 0 bridgehead atoms. The molecule has 9 nitrogen and oxygen atoms in total. The van der Waals surface area contributed by atoms with E-state index in [0.717, 1.165) is 0 Å². The molecule has 0 aliphatic carbocycles. The van der Waals surface area contributed by atoms with Gasteiger partial charge in [-0.05, 0) is 24.3 Å². The lowest BCUT2D eigenvalue weighted by Gasteiger charge is -2.05. The topological polar surface area (TPSA) is 123 Å². The van der Waals surface area contributed by atoms with Gasteiger partial charge in [0.2, 0.25) is 5.91 Å². The zero-order valence-electron chi connectivity index (χ0n) is 14.5. The Labute approximate surface area is 155 Å². The highest BCUT2D eigenvalue weighted by Gasteiger charge is 2.07. The van der Waals surface area contributed by atoms with Gasteiger partial charge in [-0.1, -0.05) is 12.1 Å². The summed E-state index contributed by atoms with van der Waals surface area (Å²) in [7, 11) is 1.54. The first kappa shape index (κ1) is 19.6. The first-order valence-electron chi connectivity index (χ1n) is 7.98. The van der Waals surface area contributed by atoms with Crippen LogP contribution in [-0.4, -0.2) is 36.6 Å². The largest absolute Gasteiger partial charge is 0.497 e. The second-order valence-electron chi connectivity index (χ2n) is 5.38. The molecule has 0 spiro atoms. The monoisotopic (exact) mass is 370 g/mol. The molecule has 0 saturated heterocycles. The summed E-state index contributed by atoms with van der Waals surface area (Å²) in [5.41, 5.74) is 3.18. The molecule has 0 fully saturated rings. The second kappa shape index (κ2) is 9.66. The van der Waals surface area contributed by atoms with Crippen LogP contribution in [0.1, 0.15) is 22.3 Å². The Morgan fingerprint density at radius 3 is 2.63 bits per heavy atom. The van der Waals surface area contributed by atoms with E-state index in [1.165, 1.54) is 31.5 Å². The van der Waals surface area contributed by atoms with Gasteiger partial charge in [0.1, 0.15) is 5.75 Å². The molecule has 2 aromatic rings. The number of non-ortho nitro benzene ring substituents is 1. The van der Waals surface area contributed by atoms with Crippen molar-refractivity contribution in [1.82, 2.24) is 10.7 Å². The van der Waals surface area contributed by atoms with Crippen molar-refractivity contribution in [2.45, 2.75) is 6.42 Å². The molecule has 2 rings (SSSR count). The minimum atomic E-state index is -0.512. The van der Waals surface area contributed by atoms with Gasteiger partial charge >= 0.3 is 0 Å². The maximum Gasteiger partial charge on any atom is 0.270 e. The predicted molar refractivity (Wildman–Crippen MR) is 98.8 cm³/mol. The number of hydrazone groups is 1. The number of carbonyl (C=O) groups is 2. The number of hydrogen-bond donors (Lipinski definition) is 2. The summed E-state index contributed by atoms with van der Waals surface area (Å²) < 4.78 is 5.02. The number of hydrogen-bond acceptors (Lipinski definition) is 6. The highest BCUT2D eigenvalue weighted by molar-refractivity contribution is 5.94. The normalized spacial score (nSPS) is 10.4. The lowest BCUT2D eigenvalue weighted by Crippen LogP contribution is -2.29. The van der Waals surface area contributed by atoms with Gasteiger partial charge in [0.25, 0.3) is 11.6 Å². The van der Waals surface area contributed by atoms with Crippen LogP contribution in [0.3, 0.4) is 0 Å². The first-order valence-corrected chi connectivity index (χ1v) is 7.98. The van der Waals surface area contributed by atoms with Crippen molar-refractivity contribution in [2.75, 3.05) is 13.7 Å². The number of nitro benzene ring substituents is 1. The van der Waals surface area contributed by atoms with Crippen LogP contribution in [0, 0.1) is 10.1 Å². The smallest absolute Gasteiger partial charge is 0.270 e. The fourth-order valence-electron chi connectivity index (χ4n) is 2.09. The van der Waals surface area contributed by atoms with Crippen LogP contribution in [0.4, 0.5) is 5.69 Å². The van der Waals surface area contributed by atoms with Crippen molar-refractivity contribution in [3.05, 3.63) is 69.8 Å². The summed E-state index contributed by atoms with van der Waals surface area (Å²) >= 11 is 0. The number of methoxy groups -OCH3 is 1. The van der Waals surface area contributed by atoms with E-state index in [9.17, 15) is 19.7 Å². The van der Waals surface area contributed by atoms with Gasteiger partial charge < -0.3 is 10.1 Å². The molecule has 0 aliphatic rings. The summed E-state index contributed by atoms with van der Waals surface area (Å²) in [5, 5.41) is 17.1. The molecule has 2 N–H and O–H groups in total. The van der Waals surface area contributed by atoms with Crippen LogP contribution in [0.25, 0.3) is 0 Å². The Balaban J connectivity index is 1.75. The molecule has 140 valence electrons. The molecule has 0 aliphatic heterocycles. The summed E-state index contributed by atoms with van der Waals surface area (Å²) in [5.74, 6) is -0.0511. The fourth-order valence-corrected chi connectivity index (χ4v) is 2.09. The number of benzene rings is 2. The Morgan fingerprint density at radius 1 is 1.22 bits per heavy atom. The van der Waals surface area contributed by atoms with Crippen molar-refractivity contribution in [3.8, 4) is 5.75 Å². The Bertz CT molecular complexity index is 849. The van der Waals surface area contributed by atoms with Gasteiger partial charge in [0.15, 0.2) is 0 Å². The highest BCUT2D eigenvalue weighted by Crippen LogP contribution is 2.12. The van der Waals surface area contributed by atoms with Gasteiger partial charge in [-0.15, -0.1) is 0 Å². The van der Waals surface area contributed by atoms with E-state index < -0.39 is 10.8 Å². The van der Waals surface area contributed by atoms with Crippen molar-refractivity contribution >= 4 is 23.7 Å². The van der Waals surface area contributed by atoms with E-state index in [2.05, 4.69) is 15.8 Å². The molecule has 0 radical (unpaired) electrons. The summed E-state index contributed by atoms with van der Waals surface area (Å²) in [6.45, 7) is 0.142. The third-order valence-electron chi connectivity index (χ3n) is 3.47. The van der Waals surface area contributed by atoms with Crippen LogP contribution < -0.4 is 15.5 Å². The number of amides is 2. The van der Waals surface area contributed by atoms with E-state index in [4.69, 9.17) is 4.74 Å². The summed E-state index contributed by atoms with van der Waals surface area (Å²) in [4.78, 5) is 33.8. The molecule has 2 aromatic carbocycles. The maximum atomic E-state index is 11.9. The number of ether oxygens (including phenoxy) is 1. The third kappa shape index (κ3) is 6.24. The van der Waals surface area contributed by atoms with E-state index >= 15 is 0 Å². The molecule has 0 aromatic heterocycles. The average Bonchev–Trinajstić information content (AvgIpc) is 2.68. The Hall–Kier alpha value is -3.75. The number of rotatable bonds is 8. The fraction of sp³-hybridized carbons (Fsp3) is 0.167. The first-order chi connectivity index (χ1) is 13.0. The lowest BCUT2D eigenvalue weighted by molar-refractivity contribution is -0.384. The van der Waals surface area contributed by atoms with Gasteiger partial charge in [0, 0.05) is 36.2 Å². The standard InChI is InChI=1S/C18H18N4O5/c1-27-16-7-5-14(6-8-16)18(24)19-10-9-17(23)21-20-12-13-3-2-4-15(11-13)22(25)26/h2-8,11-12H,9-10H2,1H3,(H,19,24)(H,21,23). The number of carbonyl (C=O) groups excluding carboxylic acids is 2. The summed E-state index contributed by atoms with van der Waals surface area (Å²) in [6, 6.07) is 12.4. The number of nitrogens with one attached hydrogen (secondary N) is 2. The minimum absolute atomic E-state index is 0.0359. The minimum Gasteiger partial charge on any atom is -0.497 e. The Morgan fingerprint density at radius 2 is 1.96 bits per heavy atom. The van der Waals surface area contributed by atoms with Crippen LogP contribution in [-0.2, 0) is 4.79 Å². The number of nitrogens with zero attached hydrogens (tertiary/aromatic N) is 2. The maximum absolute atomic E-state index is 11.9. The van der Waals surface area contributed by atoms with E-state index in [1.807, 2.05) is 0 Å². The lowest BCUT2D eigenvalue weighted by atomic mass is 10.2. The molecular formula is C18H18N4O5. The van der Waals surface area contributed by atoms with Gasteiger partial charge in [-0.3, -0.25) is 19.7 Å². The zero-order chi connectivity index (χ0) is 19.6. The predicted octanol–water partition coefficient (Wildman–Crippen LogP) is 1.87. The van der Waals surface area contributed by atoms with Crippen molar-refractivity contribution in [1.29, 1.82) is 0 Å². The van der Waals surface area contributed by atoms with Crippen LogP contribution in [0.2, 0.25) is 0 Å². The molecular weight excluding hydrogens is 352 g/mol. The van der Waals surface area contributed by atoms with E-state index in [-0.39, 0.29) is 24.6 Å². The van der Waals surface area contributed by atoms with Gasteiger partial charge in [0.05, 0.1) is 18.2 Å². The highest BCUT2D eigenvalue weighted by atomic mass is 16.6. The SMILES string of the molecule is COc1ccc(C(=O)NCCC(=O)NN=Cc2cccc([N+](=O)[O-])c2)cc1. The molecule has 0 unspecified atom stereocenters. The van der Waals surface area contributed by atoms with Crippen molar-refractivity contribution in [2.24, 2.45) is 5.10 Å². The molecule has 27 heavy (non-hydrogen) atoms. The van der Waals surface area contributed by atoms with Crippen molar-refractivity contribution < 1.29 is 19.2 Å². The van der Waals surface area contributed by atoms with E-state index in [0.29, 0.717) is 16.9 Å². The molecule has 2 amide bonds. The van der Waals surface area contributed by atoms with Crippen LogP contribution in [0.15, 0.2) is 53.6 Å². The second-order valence-corrected chi connectivity index (χ2v) is 5.38. The quantitative estimate of drug-likeness (QED) is 0.417.